The lowest BCUT2D eigenvalue weighted by atomic mass is 10.1. The first-order valence-electron chi connectivity index (χ1n) is 6.78. The standard InChI is InChI=1S/C16H19N3O2/c17-12-7-8-14(15(18)11-12)16(20)19-9-4-10-21-13-5-2-1-3-6-13/h1-3,5-8,11H,4,9-10,17-18H2,(H,19,20). The molecule has 0 unspecified atom stereocenters. The van der Waals surface area contributed by atoms with Crippen molar-refractivity contribution in [3.05, 3.63) is 54.1 Å². The van der Waals surface area contributed by atoms with E-state index in [9.17, 15) is 4.79 Å². The molecule has 0 aliphatic carbocycles. The van der Waals surface area contributed by atoms with Crippen LogP contribution in [0.2, 0.25) is 0 Å². The number of carbonyl (C=O) groups excluding carboxylic acids is 1. The molecule has 0 fully saturated rings. The number of carbonyl (C=O) groups is 1. The fourth-order valence-electron chi connectivity index (χ4n) is 1.86. The van der Waals surface area contributed by atoms with Gasteiger partial charge in [-0.05, 0) is 36.8 Å². The Morgan fingerprint density at radius 3 is 2.57 bits per heavy atom. The zero-order chi connectivity index (χ0) is 15.1. The van der Waals surface area contributed by atoms with E-state index in [-0.39, 0.29) is 5.91 Å². The van der Waals surface area contributed by atoms with E-state index in [0.717, 1.165) is 12.2 Å². The average molecular weight is 285 g/mol. The van der Waals surface area contributed by atoms with Crippen LogP contribution < -0.4 is 21.5 Å². The van der Waals surface area contributed by atoms with Gasteiger partial charge < -0.3 is 21.5 Å². The molecule has 2 aromatic rings. The first kappa shape index (κ1) is 14.7. The third-order valence-electron chi connectivity index (χ3n) is 2.94. The van der Waals surface area contributed by atoms with Crippen LogP contribution in [0.1, 0.15) is 16.8 Å². The van der Waals surface area contributed by atoms with Crippen molar-refractivity contribution in [3.63, 3.8) is 0 Å². The first-order chi connectivity index (χ1) is 10.2. The van der Waals surface area contributed by atoms with Gasteiger partial charge in [-0.25, -0.2) is 0 Å². The average Bonchev–Trinajstić information content (AvgIpc) is 2.47. The molecule has 0 bridgehead atoms. The second-order valence-electron chi connectivity index (χ2n) is 4.62. The first-order valence-corrected chi connectivity index (χ1v) is 6.78. The summed E-state index contributed by atoms with van der Waals surface area (Å²) < 4.78 is 5.54. The van der Waals surface area contributed by atoms with Crippen molar-refractivity contribution in [2.75, 3.05) is 24.6 Å². The van der Waals surface area contributed by atoms with Crippen LogP contribution in [0.25, 0.3) is 0 Å². The van der Waals surface area contributed by atoms with Gasteiger partial charge in [-0.1, -0.05) is 18.2 Å². The van der Waals surface area contributed by atoms with Crippen LogP contribution in [0.3, 0.4) is 0 Å². The molecule has 5 N–H and O–H groups in total. The van der Waals surface area contributed by atoms with Gasteiger partial charge in [-0.15, -0.1) is 0 Å². The molecule has 1 amide bonds. The second kappa shape index (κ2) is 7.19. The minimum Gasteiger partial charge on any atom is -0.494 e. The summed E-state index contributed by atoms with van der Waals surface area (Å²) in [5.74, 6) is 0.624. The number of rotatable bonds is 6. The predicted octanol–water partition coefficient (Wildman–Crippen LogP) is 2.05. The van der Waals surface area contributed by atoms with Crippen LogP contribution in [0.15, 0.2) is 48.5 Å². The summed E-state index contributed by atoms with van der Waals surface area (Å²) in [4.78, 5) is 11.9. The highest BCUT2D eigenvalue weighted by Gasteiger charge is 2.08. The SMILES string of the molecule is Nc1ccc(C(=O)NCCCOc2ccccc2)c(N)c1. The van der Waals surface area contributed by atoms with Crippen LogP contribution in [-0.4, -0.2) is 19.1 Å². The van der Waals surface area contributed by atoms with E-state index in [2.05, 4.69) is 5.32 Å². The number of nitrogen functional groups attached to an aromatic ring is 2. The fraction of sp³-hybridized carbons (Fsp3) is 0.188. The molecule has 5 heteroatoms. The highest BCUT2D eigenvalue weighted by Crippen LogP contribution is 2.15. The van der Waals surface area contributed by atoms with E-state index in [4.69, 9.17) is 16.2 Å². The van der Waals surface area contributed by atoms with Crippen molar-refractivity contribution in [2.45, 2.75) is 6.42 Å². The number of para-hydroxylation sites is 1. The summed E-state index contributed by atoms with van der Waals surface area (Å²) in [6.45, 7) is 1.07. The summed E-state index contributed by atoms with van der Waals surface area (Å²) in [5, 5.41) is 2.81. The van der Waals surface area contributed by atoms with Gasteiger partial charge in [0.1, 0.15) is 5.75 Å². The highest BCUT2D eigenvalue weighted by atomic mass is 16.5. The van der Waals surface area contributed by atoms with Crippen LogP contribution in [-0.2, 0) is 0 Å². The molecule has 0 aliphatic rings. The molecule has 2 rings (SSSR count). The van der Waals surface area contributed by atoms with E-state index < -0.39 is 0 Å². The molecule has 0 spiro atoms. The molecule has 21 heavy (non-hydrogen) atoms. The van der Waals surface area contributed by atoms with Crippen molar-refractivity contribution in [3.8, 4) is 5.75 Å². The van der Waals surface area contributed by atoms with Gasteiger partial charge in [0.05, 0.1) is 12.2 Å². The molecule has 0 aromatic heterocycles. The smallest absolute Gasteiger partial charge is 0.253 e. The van der Waals surface area contributed by atoms with E-state index in [0.29, 0.717) is 30.1 Å². The molecule has 0 saturated carbocycles. The summed E-state index contributed by atoms with van der Waals surface area (Å²) in [5.41, 5.74) is 12.7. The topological polar surface area (TPSA) is 90.4 Å². The molecule has 0 aliphatic heterocycles. The maximum Gasteiger partial charge on any atom is 0.253 e. The summed E-state index contributed by atoms with van der Waals surface area (Å²) >= 11 is 0. The second-order valence-corrected chi connectivity index (χ2v) is 4.62. The molecular formula is C16H19N3O2. The van der Waals surface area contributed by atoms with E-state index in [1.54, 1.807) is 18.2 Å². The lowest BCUT2D eigenvalue weighted by Crippen LogP contribution is -2.26. The zero-order valence-electron chi connectivity index (χ0n) is 11.7. The Hall–Kier alpha value is -2.69. The van der Waals surface area contributed by atoms with Gasteiger partial charge in [0.25, 0.3) is 5.91 Å². The van der Waals surface area contributed by atoms with Gasteiger partial charge >= 0.3 is 0 Å². The number of hydrogen-bond acceptors (Lipinski definition) is 4. The van der Waals surface area contributed by atoms with Crippen molar-refractivity contribution >= 4 is 17.3 Å². The Balaban J connectivity index is 1.72. The number of anilines is 2. The number of amides is 1. The van der Waals surface area contributed by atoms with Gasteiger partial charge in [-0.3, -0.25) is 4.79 Å². The summed E-state index contributed by atoms with van der Waals surface area (Å²) in [7, 11) is 0. The monoisotopic (exact) mass is 285 g/mol. The van der Waals surface area contributed by atoms with Crippen LogP contribution in [0, 0.1) is 0 Å². The molecule has 0 saturated heterocycles. The Bertz CT molecular complexity index is 600. The van der Waals surface area contributed by atoms with E-state index >= 15 is 0 Å². The van der Waals surface area contributed by atoms with E-state index in [1.165, 1.54) is 0 Å². The normalized spacial score (nSPS) is 10.1. The van der Waals surface area contributed by atoms with E-state index in [1.807, 2.05) is 30.3 Å². The summed E-state index contributed by atoms with van der Waals surface area (Å²) in [6, 6.07) is 14.4. The molecule has 0 heterocycles. The molecule has 0 atom stereocenters. The van der Waals surface area contributed by atoms with Gasteiger partial charge in [-0.2, -0.15) is 0 Å². The van der Waals surface area contributed by atoms with Gasteiger partial charge in [0.2, 0.25) is 0 Å². The van der Waals surface area contributed by atoms with Crippen LogP contribution in [0.5, 0.6) is 5.75 Å². The number of hydrogen-bond donors (Lipinski definition) is 3. The van der Waals surface area contributed by atoms with Crippen LogP contribution >= 0.6 is 0 Å². The Kier molecular flexibility index (Phi) is 5.04. The fourth-order valence-corrected chi connectivity index (χ4v) is 1.86. The molecule has 2 aromatic carbocycles. The number of nitrogens with one attached hydrogen (secondary N) is 1. The third-order valence-corrected chi connectivity index (χ3v) is 2.94. The Morgan fingerprint density at radius 1 is 1.10 bits per heavy atom. The maximum atomic E-state index is 11.9. The summed E-state index contributed by atoms with van der Waals surface area (Å²) in [6.07, 6.45) is 0.718. The quantitative estimate of drug-likeness (QED) is 0.559. The van der Waals surface area contributed by atoms with Crippen molar-refractivity contribution in [1.29, 1.82) is 0 Å². The van der Waals surface area contributed by atoms with Gasteiger partial charge in [0, 0.05) is 17.9 Å². The molecule has 110 valence electrons. The molecule has 0 radical (unpaired) electrons. The Labute approximate surface area is 123 Å². The predicted molar refractivity (Wildman–Crippen MR) is 84.2 cm³/mol. The lowest BCUT2D eigenvalue weighted by Gasteiger charge is -2.09. The minimum atomic E-state index is -0.202. The van der Waals surface area contributed by atoms with Crippen molar-refractivity contribution in [1.82, 2.24) is 5.32 Å². The van der Waals surface area contributed by atoms with Crippen LogP contribution in [0.4, 0.5) is 11.4 Å². The zero-order valence-corrected chi connectivity index (χ0v) is 11.7. The lowest BCUT2D eigenvalue weighted by molar-refractivity contribution is 0.0952. The van der Waals surface area contributed by atoms with Crippen molar-refractivity contribution < 1.29 is 9.53 Å². The minimum absolute atomic E-state index is 0.202. The molecular weight excluding hydrogens is 266 g/mol. The number of benzene rings is 2. The highest BCUT2D eigenvalue weighted by molar-refractivity contribution is 5.99. The largest absolute Gasteiger partial charge is 0.494 e. The maximum absolute atomic E-state index is 11.9. The third kappa shape index (κ3) is 4.42. The molecule has 5 nitrogen and oxygen atoms in total. The van der Waals surface area contributed by atoms with Crippen molar-refractivity contribution in [2.24, 2.45) is 0 Å². The Morgan fingerprint density at radius 2 is 1.86 bits per heavy atom. The van der Waals surface area contributed by atoms with Gasteiger partial charge in [0.15, 0.2) is 0 Å². The number of ether oxygens (including phenoxy) is 1. The number of nitrogens with two attached hydrogens (primary N) is 2.